The molecule has 5 N–H and O–H groups in total. The van der Waals surface area contributed by atoms with Crippen molar-refractivity contribution in [3.63, 3.8) is 0 Å². The predicted molar refractivity (Wildman–Crippen MR) is 265 cm³/mol. The van der Waals surface area contributed by atoms with E-state index in [1.54, 1.807) is 41.5 Å². The fraction of sp³-hybridized carbons (Fsp3) is 0.863. The van der Waals surface area contributed by atoms with Crippen LogP contribution in [0.4, 0.5) is 9.59 Å². The van der Waals surface area contributed by atoms with E-state index in [1.807, 2.05) is 0 Å². The molecule has 1 heterocycles. The second kappa shape index (κ2) is 36.7. The number of carbonyl (C=O) groups excluding carboxylic acids is 5. The van der Waals surface area contributed by atoms with Gasteiger partial charge in [0.05, 0.1) is 0 Å². The number of unbranched alkanes of at least 4 members (excludes halogenated alkanes) is 14. The number of hydrogen-bond acceptors (Lipinski definition) is 9. The summed E-state index contributed by atoms with van der Waals surface area (Å²) in [5.74, 6) is -0.602. The molecule has 0 spiro atoms. The molecule has 0 aliphatic carbocycles. The average molecular weight is 920 g/mol. The molecule has 5 amide bonds. The van der Waals surface area contributed by atoms with Crippen LogP contribution in [0.5, 0.6) is 0 Å². The maximum Gasteiger partial charge on any atom is 0.408 e. The number of amides is 5. The summed E-state index contributed by atoms with van der Waals surface area (Å²) in [6.45, 7) is 22.8. The maximum absolute atomic E-state index is 13.5. The van der Waals surface area contributed by atoms with Crippen molar-refractivity contribution in [3.05, 3.63) is 12.2 Å². The van der Waals surface area contributed by atoms with E-state index in [2.05, 4.69) is 62.4 Å². The van der Waals surface area contributed by atoms with Gasteiger partial charge in [-0.2, -0.15) is 0 Å². The number of allylic oxidation sites excluding steroid dienone is 2. The quantitative estimate of drug-likeness (QED) is 0.0304. The van der Waals surface area contributed by atoms with Crippen molar-refractivity contribution in [1.29, 1.82) is 0 Å². The highest BCUT2D eigenvalue weighted by molar-refractivity contribution is 5.87. The Hall–Kier alpha value is -3.39. The zero-order valence-corrected chi connectivity index (χ0v) is 42.7. The highest BCUT2D eigenvalue weighted by atomic mass is 16.6. The highest BCUT2D eigenvalue weighted by Gasteiger charge is 2.25. The molecule has 1 rings (SSSR count). The summed E-state index contributed by atoms with van der Waals surface area (Å²) < 4.78 is 10.7. The number of ether oxygens (including phenoxy) is 2. The maximum atomic E-state index is 13.5. The smallest absolute Gasteiger partial charge is 0.408 e. The van der Waals surface area contributed by atoms with Crippen LogP contribution in [0.25, 0.3) is 0 Å². The number of carbonyl (C=O) groups is 5. The van der Waals surface area contributed by atoms with Gasteiger partial charge in [-0.05, 0) is 138 Å². The van der Waals surface area contributed by atoms with Crippen LogP contribution in [-0.2, 0) is 23.9 Å². The summed E-state index contributed by atoms with van der Waals surface area (Å²) in [4.78, 5) is 69.6. The molecule has 2 unspecified atom stereocenters. The summed E-state index contributed by atoms with van der Waals surface area (Å²) >= 11 is 0. The van der Waals surface area contributed by atoms with E-state index in [-0.39, 0.29) is 17.7 Å². The zero-order chi connectivity index (χ0) is 48.2. The van der Waals surface area contributed by atoms with Gasteiger partial charge in [0.1, 0.15) is 23.3 Å². The van der Waals surface area contributed by atoms with Gasteiger partial charge in [-0.3, -0.25) is 14.4 Å². The summed E-state index contributed by atoms with van der Waals surface area (Å²) in [6.07, 6.45) is 25.8. The lowest BCUT2D eigenvalue weighted by molar-refractivity contribution is -0.129. The lowest BCUT2D eigenvalue weighted by Gasteiger charge is -2.34. The third kappa shape index (κ3) is 35.5. The van der Waals surface area contributed by atoms with Gasteiger partial charge in [0.25, 0.3) is 0 Å². The van der Waals surface area contributed by atoms with Crippen LogP contribution < -0.4 is 26.6 Å². The third-order valence-electron chi connectivity index (χ3n) is 11.4. The SMILES string of the molecule is CCCCCCCC/C=C\CCCCCCCC(=O)NC(CCCCNC(=O)C(CCCCNC(=O)OC(C)(C)C)NC(=O)OC(C)(C)C)C(=O)NCCCN1CCN(CCCC)CC1. The number of nitrogens with zero attached hydrogens (tertiary/aromatic N) is 2. The molecular weight excluding hydrogens is 823 g/mol. The van der Waals surface area contributed by atoms with Gasteiger partial charge in [0.2, 0.25) is 17.7 Å². The van der Waals surface area contributed by atoms with Gasteiger partial charge in [0.15, 0.2) is 0 Å². The molecule has 65 heavy (non-hydrogen) atoms. The molecule has 14 nitrogen and oxygen atoms in total. The van der Waals surface area contributed by atoms with Crippen molar-refractivity contribution in [2.24, 2.45) is 0 Å². The van der Waals surface area contributed by atoms with Crippen molar-refractivity contribution in [3.8, 4) is 0 Å². The van der Waals surface area contributed by atoms with E-state index in [1.165, 1.54) is 70.8 Å². The van der Waals surface area contributed by atoms with Crippen molar-refractivity contribution in [1.82, 2.24) is 36.4 Å². The molecular formula is C51H97N7O7. The lowest BCUT2D eigenvalue weighted by Crippen LogP contribution is -2.49. The molecule has 0 saturated carbocycles. The minimum absolute atomic E-state index is 0.102. The zero-order valence-electron chi connectivity index (χ0n) is 42.7. The summed E-state index contributed by atoms with van der Waals surface area (Å²) in [5, 5.41) is 14.5. The molecule has 14 heteroatoms. The van der Waals surface area contributed by atoms with Gasteiger partial charge in [-0.1, -0.05) is 83.8 Å². The molecule has 0 aromatic rings. The van der Waals surface area contributed by atoms with E-state index in [0.29, 0.717) is 64.6 Å². The minimum Gasteiger partial charge on any atom is -0.444 e. The Morgan fingerprint density at radius 1 is 0.492 bits per heavy atom. The second-order valence-corrected chi connectivity index (χ2v) is 20.0. The first kappa shape index (κ1) is 59.6. The van der Waals surface area contributed by atoms with Gasteiger partial charge < -0.3 is 45.9 Å². The van der Waals surface area contributed by atoms with E-state index in [4.69, 9.17) is 9.47 Å². The Morgan fingerprint density at radius 2 is 0.923 bits per heavy atom. The van der Waals surface area contributed by atoms with E-state index in [9.17, 15) is 24.0 Å². The molecule has 1 fully saturated rings. The van der Waals surface area contributed by atoms with Crippen molar-refractivity contribution >= 4 is 29.9 Å². The monoisotopic (exact) mass is 920 g/mol. The Balaban J connectivity index is 2.62. The highest BCUT2D eigenvalue weighted by Crippen LogP contribution is 2.13. The molecule has 1 saturated heterocycles. The Kier molecular flexibility index (Phi) is 33.7. The van der Waals surface area contributed by atoms with Crippen LogP contribution in [0.2, 0.25) is 0 Å². The van der Waals surface area contributed by atoms with Crippen LogP contribution in [0.3, 0.4) is 0 Å². The first-order valence-electron chi connectivity index (χ1n) is 25.9. The first-order chi connectivity index (χ1) is 31.0. The predicted octanol–water partition coefficient (Wildman–Crippen LogP) is 9.31. The van der Waals surface area contributed by atoms with E-state index in [0.717, 1.165) is 71.2 Å². The van der Waals surface area contributed by atoms with E-state index >= 15 is 0 Å². The van der Waals surface area contributed by atoms with Gasteiger partial charge >= 0.3 is 12.2 Å². The summed E-state index contributed by atoms with van der Waals surface area (Å²) in [5.41, 5.74) is -1.33. The van der Waals surface area contributed by atoms with Crippen LogP contribution in [0, 0.1) is 0 Å². The van der Waals surface area contributed by atoms with E-state index < -0.39 is 35.5 Å². The Labute approximate surface area is 396 Å². The number of alkyl carbamates (subject to hydrolysis) is 2. The number of rotatable bonds is 36. The molecule has 0 aromatic heterocycles. The lowest BCUT2D eigenvalue weighted by atomic mass is 10.1. The Bertz CT molecular complexity index is 1310. The number of piperazine rings is 1. The van der Waals surface area contributed by atoms with Gasteiger partial charge in [0, 0.05) is 52.2 Å². The molecule has 1 aliphatic heterocycles. The fourth-order valence-electron chi connectivity index (χ4n) is 7.65. The van der Waals surface area contributed by atoms with Crippen LogP contribution in [0.1, 0.15) is 203 Å². The molecule has 0 bridgehead atoms. The first-order valence-corrected chi connectivity index (χ1v) is 25.9. The fourth-order valence-corrected chi connectivity index (χ4v) is 7.65. The van der Waals surface area contributed by atoms with Crippen LogP contribution >= 0.6 is 0 Å². The molecule has 0 radical (unpaired) electrons. The molecule has 1 aliphatic rings. The van der Waals surface area contributed by atoms with Crippen molar-refractivity contribution in [2.45, 2.75) is 226 Å². The van der Waals surface area contributed by atoms with Crippen LogP contribution in [0.15, 0.2) is 12.2 Å². The average Bonchev–Trinajstić information content (AvgIpc) is 3.23. The minimum atomic E-state index is -0.828. The summed E-state index contributed by atoms with van der Waals surface area (Å²) in [6, 6.07) is -1.48. The van der Waals surface area contributed by atoms with Gasteiger partial charge in [-0.15, -0.1) is 0 Å². The van der Waals surface area contributed by atoms with Crippen molar-refractivity contribution < 1.29 is 33.4 Å². The number of hydrogen-bond donors (Lipinski definition) is 5. The third-order valence-corrected chi connectivity index (χ3v) is 11.4. The second-order valence-electron chi connectivity index (χ2n) is 20.0. The molecule has 0 aromatic carbocycles. The normalized spacial score (nSPS) is 14.7. The standard InChI is InChI=1S/C51H97N7O7/c1-9-11-13-14-15-16-17-18-19-20-21-22-23-24-25-33-45(59)55-43(46(60)53-36-30-38-58-41-39-57(40-42-58)37-12-10-2)31-26-28-34-52-47(61)44(56-49(63)65-51(6,7)8)32-27-29-35-54-48(62)64-50(3,4)5/h18-19,43-44H,9-17,20-42H2,1-8H3,(H,52,61)(H,53,60)(H,54,62)(H,55,59)(H,56,63)/b19-18-. The summed E-state index contributed by atoms with van der Waals surface area (Å²) in [7, 11) is 0. The van der Waals surface area contributed by atoms with Gasteiger partial charge in [-0.25, -0.2) is 9.59 Å². The van der Waals surface area contributed by atoms with Crippen LogP contribution in [-0.4, -0.2) is 122 Å². The Morgan fingerprint density at radius 3 is 1.45 bits per heavy atom. The largest absolute Gasteiger partial charge is 0.444 e. The topological polar surface area (TPSA) is 170 Å². The molecule has 378 valence electrons. The van der Waals surface area contributed by atoms with Crippen molar-refractivity contribution in [2.75, 3.05) is 58.9 Å². The number of nitrogens with one attached hydrogen (secondary N) is 5. The molecule has 2 atom stereocenters.